The van der Waals surface area contributed by atoms with Crippen molar-refractivity contribution in [2.45, 2.75) is 38.7 Å². The predicted octanol–water partition coefficient (Wildman–Crippen LogP) is 3.32. The molecule has 2 unspecified atom stereocenters. The lowest BCUT2D eigenvalue weighted by Gasteiger charge is -2.24. The molecule has 2 heterocycles. The Bertz CT molecular complexity index is 498. The lowest BCUT2D eigenvalue weighted by atomic mass is 9.91. The van der Waals surface area contributed by atoms with E-state index in [0.29, 0.717) is 0 Å². The molecule has 1 saturated heterocycles. The fourth-order valence-corrected chi connectivity index (χ4v) is 3.90. The number of fused-ring (bicyclic) bond motifs is 1. The molecule has 0 aromatic heterocycles. The van der Waals surface area contributed by atoms with Gasteiger partial charge < -0.3 is 14.8 Å². The van der Waals surface area contributed by atoms with Crippen molar-refractivity contribution in [3.8, 4) is 11.5 Å². The largest absolute Gasteiger partial charge is 0.493 e. The third kappa shape index (κ3) is 2.68. The van der Waals surface area contributed by atoms with Crippen LogP contribution >= 0.6 is 15.9 Å². The second kappa shape index (κ2) is 5.94. The van der Waals surface area contributed by atoms with Crippen LogP contribution in [-0.2, 0) is 12.8 Å². The molecule has 3 nitrogen and oxygen atoms in total. The highest BCUT2D eigenvalue weighted by atomic mass is 79.9. The number of methoxy groups -OCH3 is 1. The normalized spacial score (nSPS) is 25.1. The van der Waals surface area contributed by atoms with Crippen LogP contribution in [0.1, 0.15) is 30.9 Å². The van der Waals surface area contributed by atoms with Crippen LogP contribution in [0.2, 0.25) is 0 Å². The first kappa shape index (κ1) is 14.2. The monoisotopic (exact) mass is 339 g/mol. The summed E-state index contributed by atoms with van der Waals surface area (Å²) in [6.07, 6.45) is 4.90. The highest BCUT2D eigenvalue weighted by Crippen LogP contribution is 2.44. The SMILES string of the molecule is COc1cc(CC2CCCNC2)c(Br)c2c1OC(C)C2. The molecule has 1 aromatic carbocycles. The van der Waals surface area contributed by atoms with Crippen molar-refractivity contribution < 1.29 is 9.47 Å². The van der Waals surface area contributed by atoms with Gasteiger partial charge in [0, 0.05) is 16.5 Å². The minimum atomic E-state index is 0.238. The van der Waals surface area contributed by atoms with Crippen LogP contribution in [0.15, 0.2) is 10.5 Å². The number of rotatable bonds is 3. The van der Waals surface area contributed by atoms with Crippen molar-refractivity contribution in [3.05, 3.63) is 21.7 Å². The number of halogens is 1. The maximum Gasteiger partial charge on any atom is 0.166 e. The van der Waals surface area contributed by atoms with Gasteiger partial charge in [-0.3, -0.25) is 0 Å². The van der Waals surface area contributed by atoms with Gasteiger partial charge in [-0.05, 0) is 56.8 Å². The molecule has 1 N–H and O–H groups in total. The van der Waals surface area contributed by atoms with E-state index < -0.39 is 0 Å². The highest BCUT2D eigenvalue weighted by molar-refractivity contribution is 9.10. The molecular weight excluding hydrogens is 318 g/mol. The molecule has 0 bridgehead atoms. The predicted molar refractivity (Wildman–Crippen MR) is 83.8 cm³/mol. The number of ether oxygens (including phenoxy) is 2. The van der Waals surface area contributed by atoms with Gasteiger partial charge in [0.2, 0.25) is 0 Å². The molecule has 2 atom stereocenters. The number of nitrogens with one attached hydrogen (secondary N) is 1. The molecule has 2 aliphatic heterocycles. The molecule has 0 saturated carbocycles. The molecule has 4 heteroatoms. The lowest BCUT2D eigenvalue weighted by Crippen LogP contribution is -2.30. The summed E-state index contributed by atoms with van der Waals surface area (Å²) in [7, 11) is 1.72. The summed E-state index contributed by atoms with van der Waals surface area (Å²) >= 11 is 3.79. The zero-order valence-corrected chi connectivity index (χ0v) is 13.8. The van der Waals surface area contributed by atoms with E-state index in [0.717, 1.165) is 43.3 Å². The molecule has 0 spiro atoms. The molecule has 0 aliphatic carbocycles. The average molecular weight is 340 g/mol. The van der Waals surface area contributed by atoms with Crippen LogP contribution in [0.5, 0.6) is 11.5 Å². The Morgan fingerprint density at radius 2 is 2.35 bits per heavy atom. The fourth-order valence-electron chi connectivity index (χ4n) is 3.28. The summed E-state index contributed by atoms with van der Waals surface area (Å²) in [5, 5.41) is 3.49. The third-order valence-electron chi connectivity index (χ3n) is 4.29. The maximum atomic E-state index is 5.89. The highest BCUT2D eigenvalue weighted by Gasteiger charge is 2.28. The molecular formula is C16H22BrNO2. The van der Waals surface area contributed by atoms with E-state index in [4.69, 9.17) is 9.47 Å². The van der Waals surface area contributed by atoms with Gasteiger partial charge in [0.25, 0.3) is 0 Å². The number of benzene rings is 1. The van der Waals surface area contributed by atoms with Crippen molar-refractivity contribution >= 4 is 15.9 Å². The molecule has 3 rings (SSSR count). The minimum absolute atomic E-state index is 0.238. The van der Waals surface area contributed by atoms with Gasteiger partial charge in [0.1, 0.15) is 6.10 Å². The smallest absolute Gasteiger partial charge is 0.166 e. The van der Waals surface area contributed by atoms with Gasteiger partial charge >= 0.3 is 0 Å². The van der Waals surface area contributed by atoms with E-state index in [2.05, 4.69) is 34.2 Å². The van der Waals surface area contributed by atoms with E-state index in [9.17, 15) is 0 Å². The van der Waals surface area contributed by atoms with Crippen LogP contribution < -0.4 is 14.8 Å². The standard InChI is InChI=1S/C16H22BrNO2/c1-10-6-13-15(17)12(7-11-4-3-5-18-9-11)8-14(19-2)16(13)20-10/h8,10-11,18H,3-7,9H2,1-2H3. The average Bonchev–Trinajstić information content (AvgIpc) is 2.85. The summed E-state index contributed by atoms with van der Waals surface area (Å²) in [6, 6.07) is 2.15. The summed E-state index contributed by atoms with van der Waals surface area (Å²) < 4.78 is 12.6. The third-order valence-corrected chi connectivity index (χ3v) is 5.28. The number of hydrogen-bond donors (Lipinski definition) is 1. The first-order valence-electron chi connectivity index (χ1n) is 7.44. The van der Waals surface area contributed by atoms with E-state index in [1.54, 1.807) is 7.11 Å². The van der Waals surface area contributed by atoms with Crippen LogP contribution in [0.4, 0.5) is 0 Å². The van der Waals surface area contributed by atoms with Gasteiger partial charge in [-0.15, -0.1) is 0 Å². The van der Waals surface area contributed by atoms with Crippen molar-refractivity contribution in [1.82, 2.24) is 5.32 Å². The molecule has 20 heavy (non-hydrogen) atoms. The maximum absolute atomic E-state index is 5.89. The van der Waals surface area contributed by atoms with E-state index >= 15 is 0 Å². The molecule has 0 amide bonds. The molecule has 2 aliphatic rings. The van der Waals surface area contributed by atoms with Gasteiger partial charge in [0.05, 0.1) is 7.11 Å². The zero-order valence-electron chi connectivity index (χ0n) is 12.2. The zero-order chi connectivity index (χ0) is 14.1. The van der Waals surface area contributed by atoms with Gasteiger partial charge in [-0.1, -0.05) is 15.9 Å². The van der Waals surface area contributed by atoms with E-state index in [1.165, 1.54) is 28.4 Å². The Morgan fingerprint density at radius 1 is 1.50 bits per heavy atom. The van der Waals surface area contributed by atoms with Crippen molar-refractivity contribution in [2.75, 3.05) is 20.2 Å². The summed E-state index contributed by atoms with van der Waals surface area (Å²) in [5.41, 5.74) is 2.63. The Balaban J connectivity index is 1.89. The first-order valence-corrected chi connectivity index (χ1v) is 8.24. The Hall–Kier alpha value is -0.740. The van der Waals surface area contributed by atoms with Crippen LogP contribution in [0, 0.1) is 5.92 Å². The Labute approximate surface area is 129 Å². The van der Waals surface area contributed by atoms with Gasteiger partial charge in [0.15, 0.2) is 11.5 Å². The van der Waals surface area contributed by atoms with Crippen LogP contribution in [0.25, 0.3) is 0 Å². The second-order valence-electron chi connectivity index (χ2n) is 5.91. The fraction of sp³-hybridized carbons (Fsp3) is 0.625. The van der Waals surface area contributed by atoms with Crippen molar-refractivity contribution in [3.63, 3.8) is 0 Å². The molecule has 0 radical (unpaired) electrons. The first-order chi connectivity index (χ1) is 9.69. The van der Waals surface area contributed by atoms with Gasteiger partial charge in [-0.2, -0.15) is 0 Å². The lowest BCUT2D eigenvalue weighted by molar-refractivity contribution is 0.243. The summed E-state index contributed by atoms with van der Waals surface area (Å²) in [6.45, 7) is 4.39. The Kier molecular flexibility index (Phi) is 4.22. The number of hydrogen-bond acceptors (Lipinski definition) is 3. The molecule has 110 valence electrons. The van der Waals surface area contributed by atoms with Crippen molar-refractivity contribution in [2.24, 2.45) is 5.92 Å². The van der Waals surface area contributed by atoms with E-state index in [-0.39, 0.29) is 6.10 Å². The quantitative estimate of drug-likeness (QED) is 0.916. The summed E-state index contributed by atoms with van der Waals surface area (Å²) in [4.78, 5) is 0. The topological polar surface area (TPSA) is 30.5 Å². The van der Waals surface area contributed by atoms with Gasteiger partial charge in [-0.25, -0.2) is 0 Å². The van der Waals surface area contributed by atoms with Crippen LogP contribution in [-0.4, -0.2) is 26.3 Å². The second-order valence-corrected chi connectivity index (χ2v) is 6.70. The number of piperidine rings is 1. The van der Waals surface area contributed by atoms with Crippen LogP contribution in [0.3, 0.4) is 0 Å². The van der Waals surface area contributed by atoms with E-state index in [1.807, 2.05) is 0 Å². The minimum Gasteiger partial charge on any atom is -0.493 e. The summed E-state index contributed by atoms with van der Waals surface area (Å²) in [5.74, 6) is 2.53. The van der Waals surface area contributed by atoms with Crippen molar-refractivity contribution in [1.29, 1.82) is 0 Å². The molecule has 1 fully saturated rings. The Morgan fingerprint density at radius 3 is 3.05 bits per heavy atom. The molecule has 1 aromatic rings.